The van der Waals surface area contributed by atoms with Crippen LogP contribution in [0.3, 0.4) is 0 Å². The van der Waals surface area contributed by atoms with Crippen molar-refractivity contribution < 1.29 is 19.1 Å². The lowest BCUT2D eigenvalue weighted by Crippen LogP contribution is -2.43. The lowest BCUT2D eigenvalue weighted by atomic mass is 10.1. The molecule has 172 valence electrons. The first-order valence-corrected chi connectivity index (χ1v) is 12.2. The maximum Gasteiger partial charge on any atom is 0.329 e. The van der Waals surface area contributed by atoms with Crippen LogP contribution in [0.4, 0.5) is 5.13 Å². The maximum absolute atomic E-state index is 12.8. The van der Waals surface area contributed by atoms with Crippen LogP contribution in [0.2, 0.25) is 0 Å². The first-order valence-electron chi connectivity index (χ1n) is 10.4. The zero-order chi connectivity index (χ0) is 23.8. The van der Waals surface area contributed by atoms with Gasteiger partial charge in [-0.15, -0.1) is 22.7 Å². The molecule has 0 spiro atoms. The first kappa shape index (κ1) is 23.3. The van der Waals surface area contributed by atoms with Crippen molar-refractivity contribution in [3.8, 4) is 11.3 Å². The van der Waals surface area contributed by atoms with Crippen molar-refractivity contribution in [3.05, 3.63) is 94.0 Å². The number of nitrogens with one attached hydrogen (secondary N) is 2. The third-order valence-corrected chi connectivity index (χ3v) is 6.41. The molecule has 0 aliphatic heterocycles. The van der Waals surface area contributed by atoms with Gasteiger partial charge in [0.15, 0.2) is 11.7 Å². The quantitative estimate of drug-likeness (QED) is 0.339. The number of carbonyl (C=O) groups excluding carboxylic acids is 3. The topological polar surface area (TPSA) is 97.4 Å². The highest BCUT2D eigenvalue weighted by Gasteiger charge is 2.24. The SMILES string of the molecule is O=C(COC(=O)[C@H](Cc1ccccc1)NC(=O)c1cccs1)Nc1nc(-c2ccccc2)cs1. The molecule has 0 saturated carbocycles. The second kappa shape index (κ2) is 11.4. The number of anilines is 1. The summed E-state index contributed by atoms with van der Waals surface area (Å²) in [6, 6.07) is 21.4. The number of esters is 1. The van der Waals surface area contributed by atoms with Gasteiger partial charge >= 0.3 is 5.97 Å². The molecule has 4 rings (SSSR count). The Morgan fingerprint density at radius 1 is 0.912 bits per heavy atom. The number of ether oxygens (including phenoxy) is 1. The molecule has 2 N–H and O–H groups in total. The summed E-state index contributed by atoms with van der Waals surface area (Å²) in [6.45, 7) is -0.487. The van der Waals surface area contributed by atoms with Crippen LogP contribution in [0.1, 0.15) is 15.2 Å². The third-order valence-electron chi connectivity index (χ3n) is 4.78. The first-order chi connectivity index (χ1) is 16.6. The van der Waals surface area contributed by atoms with Gasteiger partial charge in [0.05, 0.1) is 10.6 Å². The monoisotopic (exact) mass is 491 g/mol. The smallest absolute Gasteiger partial charge is 0.329 e. The zero-order valence-electron chi connectivity index (χ0n) is 18.0. The molecule has 2 heterocycles. The van der Waals surface area contributed by atoms with Crippen molar-refractivity contribution in [2.45, 2.75) is 12.5 Å². The van der Waals surface area contributed by atoms with E-state index in [1.807, 2.05) is 66.0 Å². The summed E-state index contributed by atoms with van der Waals surface area (Å²) in [5.74, 6) is -1.56. The minimum absolute atomic E-state index is 0.241. The van der Waals surface area contributed by atoms with Gasteiger partial charge in [-0.1, -0.05) is 66.7 Å². The lowest BCUT2D eigenvalue weighted by Gasteiger charge is -2.17. The number of hydrogen-bond acceptors (Lipinski definition) is 7. The molecule has 7 nitrogen and oxygen atoms in total. The number of hydrogen-bond donors (Lipinski definition) is 2. The summed E-state index contributed by atoms with van der Waals surface area (Å²) in [5.41, 5.74) is 2.55. The van der Waals surface area contributed by atoms with E-state index in [9.17, 15) is 14.4 Å². The van der Waals surface area contributed by atoms with Gasteiger partial charge in [-0.25, -0.2) is 9.78 Å². The number of benzene rings is 2. The van der Waals surface area contributed by atoms with Crippen LogP contribution in [-0.4, -0.2) is 35.4 Å². The number of thiophene rings is 1. The van der Waals surface area contributed by atoms with Crippen LogP contribution in [0.5, 0.6) is 0 Å². The average Bonchev–Trinajstić information content (AvgIpc) is 3.56. The van der Waals surface area contributed by atoms with E-state index in [0.29, 0.717) is 10.0 Å². The van der Waals surface area contributed by atoms with Crippen LogP contribution in [0, 0.1) is 0 Å². The normalized spacial score (nSPS) is 11.4. The van der Waals surface area contributed by atoms with Crippen molar-refractivity contribution >= 4 is 45.6 Å². The summed E-state index contributed by atoms with van der Waals surface area (Å²) < 4.78 is 5.23. The fourth-order valence-corrected chi connectivity index (χ4v) is 4.51. The molecule has 0 aliphatic carbocycles. The van der Waals surface area contributed by atoms with E-state index in [1.165, 1.54) is 22.7 Å². The fraction of sp³-hybridized carbons (Fsp3) is 0.120. The Morgan fingerprint density at radius 2 is 1.65 bits per heavy atom. The van der Waals surface area contributed by atoms with E-state index in [4.69, 9.17) is 4.74 Å². The second-order valence-electron chi connectivity index (χ2n) is 7.25. The Labute approximate surface area is 204 Å². The fourth-order valence-electron chi connectivity index (χ4n) is 3.15. The molecule has 2 amide bonds. The molecule has 2 aromatic carbocycles. The lowest BCUT2D eigenvalue weighted by molar-refractivity contribution is -0.149. The van der Waals surface area contributed by atoms with E-state index >= 15 is 0 Å². The minimum Gasteiger partial charge on any atom is -0.454 e. The molecular formula is C25H21N3O4S2. The molecule has 0 aliphatic rings. The summed E-state index contributed by atoms with van der Waals surface area (Å²) in [5, 5.41) is 9.39. The van der Waals surface area contributed by atoms with Crippen molar-refractivity contribution in [3.63, 3.8) is 0 Å². The van der Waals surface area contributed by atoms with Gasteiger partial charge in [-0.05, 0) is 17.0 Å². The molecule has 0 unspecified atom stereocenters. The highest BCUT2D eigenvalue weighted by atomic mass is 32.1. The van der Waals surface area contributed by atoms with Crippen LogP contribution in [0.25, 0.3) is 11.3 Å². The van der Waals surface area contributed by atoms with Crippen molar-refractivity contribution in [2.75, 3.05) is 11.9 Å². The molecule has 0 fully saturated rings. The van der Waals surface area contributed by atoms with Gasteiger partial charge < -0.3 is 10.1 Å². The van der Waals surface area contributed by atoms with Gasteiger partial charge in [0, 0.05) is 17.4 Å². The number of nitrogens with zero attached hydrogens (tertiary/aromatic N) is 1. The van der Waals surface area contributed by atoms with Crippen LogP contribution >= 0.6 is 22.7 Å². The van der Waals surface area contributed by atoms with Crippen molar-refractivity contribution in [2.24, 2.45) is 0 Å². The summed E-state index contributed by atoms with van der Waals surface area (Å²) in [4.78, 5) is 42.5. The Balaban J connectivity index is 1.35. The minimum atomic E-state index is -0.936. The molecule has 0 radical (unpaired) electrons. The van der Waals surface area contributed by atoms with Gasteiger partial charge in [-0.2, -0.15) is 0 Å². The van der Waals surface area contributed by atoms with E-state index in [-0.39, 0.29) is 12.3 Å². The third kappa shape index (κ3) is 6.37. The highest BCUT2D eigenvalue weighted by Crippen LogP contribution is 2.24. The van der Waals surface area contributed by atoms with E-state index in [1.54, 1.807) is 17.5 Å². The Hall–Kier alpha value is -3.82. The number of carbonyl (C=O) groups is 3. The van der Waals surface area contributed by atoms with Crippen molar-refractivity contribution in [1.29, 1.82) is 0 Å². The largest absolute Gasteiger partial charge is 0.454 e. The van der Waals surface area contributed by atoms with E-state index in [2.05, 4.69) is 15.6 Å². The highest BCUT2D eigenvalue weighted by molar-refractivity contribution is 7.14. The number of amides is 2. The standard InChI is InChI=1S/C25H21N3O4S2/c29-22(28-25-27-20(16-34-25)18-10-5-2-6-11-18)15-32-24(31)19(14-17-8-3-1-4-9-17)26-23(30)21-12-7-13-33-21/h1-13,16,19H,14-15H2,(H,26,30)(H,27,28,29)/t19-/m0/s1. The molecule has 0 saturated heterocycles. The van der Waals surface area contributed by atoms with Gasteiger partial charge in [0.25, 0.3) is 11.8 Å². The predicted molar refractivity (Wildman–Crippen MR) is 133 cm³/mol. The average molecular weight is 492 g/mol. The summed E-state index contributed by atoms with van der Waals surface area (Å²) >= 11 is 2.56. The molecule has 1 atom stereocenters. The summed E-state index contributed by atoms with van der Waals surface area (Å²) in [7, 11) is 0. The molecular weight excluding hydrogens is 470 g/mol. The van der Waals surface area contributed by atoms with Crippen molar-refractivity contribution in [1.82, 2.24) is 10.3 Å². The number of rotatable bonds is 9. The van der Waals surface area contributed by atoms with Crippen LogP contribution in [-0.2, 0) is 20.7 Å². The molecule has 2 aromatic heterocycles. The Bertz CT molecular complexity index is 1240. The second-order valence-corrected chi connectivity index (χ2v) is 9.06. The molecule has 34 heavy (non-hydrogen) atoms. The predicted octanol–water partition coefficient (Wildman–Crippen LogP) is 4.39. The Morgan fingerprint density at radius 3 is 2.35 bits per heavy atom. The van der Waals surface area contributed by atoms with Crippen LogP contribution < -0.4 is 10.6 Å². The van der Waals surface area contributed by atoms with Gasteiger partial charge in [-0.3, -0.25) is 14.9 Å². The Kier molecular flexibility index (Phi) is 7.79. The molecule has 9 heteroatoms. The van der Waals surface area contributed by atoms with Gasteiger partial charge in [0.2, 0.25) is 0 Å². The summed E-state index contributed by atoms with van der Waals surface area (Å²) in [6.07, 6.45) is 0.241. The zero-order valence-corrected chi connectivity index (χ0v) is 19.6. The van der Waals surface area contributed by atoms with Crippen LogP contribution in [0.15, 0.2) is 83.6 Å². The maximum atomic E-state index is 12.8. The van der Waals surface area contributed by atoms with E-state index in [0.717, 1.165) is 16.8 Å². The number of thiazole rings is 1. The van der Waals surface area contributed by atoms with E-state index < -0.39 is 24.5 Å². The number of aromatic nitrogens is 1. The van der Waals surface area contributed by atoms with Gasteiger partial charge in [0.1, 0.15) is 6.04 Å². The molecule has 0 bridgehead atoms. The molecule has 4 aromatic rings.